The molecule has 1 atom stereocenters. The van der Waals surface area contributed by atoms with Crippen LogP contribution >= 0.6 is 0 Å². The van der Waals surface area contributed by atoms with Gasteiger partial charge >= 0.3 is 0 Å². The smallest absolute Gasteiger partial charge is 0.279 e. The van der Waals surface area contributed by atoms with E-state index in [1.54, 1.807) is 14.2 Å². The highest BCUT2D eigenvalue weighted by atomic mass is 32.2. The van der Waals surface area contributed by atoms with Crippen molar-refractivity contribution in [3.8, 4) is 5.75 Å². The van der Waals surface area contributed by atoms with E-state index < -0.39 is 10.2 Å². The highest BCUT2D eigenvalue weighted by molar-refractivity contribution is 7.87. The van der Waals surface area contributed by atoms with Crippen molar-refractivity contribution in [1.82, 2.24) is 13.9 Å². The van der Waals surface area contributed by atoms with E-state index in [0.29, 0.717) is 13.1 Å². The number of benzene rings is 1. The van der Waals surface area contributed by atoms with Gasteiger partial charge in [-0.15, -0.1) is 0 Å². The summed E-state index contributed by atoms with van der Waals surface area (Å²) in [7, 11) is -0.174. The first-order valence-electron chi connectivity index (χ1n) is 9.07. The summed E-state index contributed by atoms with van der Waals surface area (Å²) < 4.78 is 34.5. The van der Waals surface area contributed by atoms with Crippen molar-refractivity contribution in [2.24, 2.45) is 0 Å². The summed E-state index contributed by atoms with van der Waals surface area (Å²) in [6.45, 7) is 4.95. The first-order valence-corrected chi connectivity index (χ1v) is 10.5. The van der Waals surface area contributed by atoms with Gasteiger partial charge in [0, 0.05) is 26.2 Å². The molecule has 7 heteroatoms. The fourth-order valence-electron chi connectivity index (χ4n) is 3.16. The molecule has 142 valence electrons. The average Bonchev–Trinajstić information content (AvgIpc) is 3.14. The Bertz CT molecular complexity index is 630. The monoisotopic (exact) mass is 369 g/mol. The van der Waals surface area contributed by atoms with Gasteiger partial charge in [0.25, 0.3) is 10.2 Å². The minimum Gasteiger partial charge on any atom is -0.497 e. The normalized spacial score (nSPS) is 17.1. The van der Waals surface area contributed by atoms with E-state index in [2.05, 4.69) is 16.5 Å². The third-order valence-corrected chi connectivity index (χ3v) is 6.29. The van der Waals surface area contributed by atoms with Crippen LogP contribution in [0.1, 0.15) is 44.2 Å². The summed E-state index contributed by atoms with van der Waals surface area (Å²) in [6.07, 6.45) is 4.15. The summed E-state index contributed by atoms with van der Waals surface area (Å²) in [4.78, 5) is 2.35. The molecular formula is C18H31N3O3S. The van der Waals surface area contributed by atoms with Gasteiger partial charge < -0.3 is 4.74 Å². The zero-order valence-electron chi connectivity index (χ0n) is 15.6. The molecular weight excluding hydrogens is 338 g/mol. The molecule has 2 rings (SSSR count). The van der Waals surface area contributed by atoms with Crippen LogP contribution in [0.5, 0.6) is 5.75 Å². The van der Waals surface area contributed by atoms with Gasteiger partial charge in [-0.05, 0) is 50.0 Å². The standard InChI is InChI=1S/C18H31N3O3S/c1-4-5-11-20(2)25(22,23)19-15-18(21-12-6-7-13-21)16-9-8-10-17(14-16)24-3/h8-10,14,18-19H,4-7,11-13,15H2,1-3H3. The van der Waals surface area contributed by atoms with E-state index in [-0.39, 0.29) is 6.04 Å². The number of likely N-dealkylation sites (tertiary alicyclic amines) is 1. The number of rotatable bonds is 10. The molecule has 1 aromatic rings. The number of nitrogens with one attached hydrogen (secondary N) is 1. The van der Waals surface area contributed by atoms with Crippen molar-refractivity contribution in [2.45, 2.75) is 38.6 Å². The van der Waals surface area contributed by atoms with Gasteiger partial charge in [-0.2, -0.15) is 12.7 Å². The first kappa shape index (κ1) is 20.2. The lowest BCUT2D eigenvalue weighted by atomic mass is 10.1. The van der Waals surface area contributed by atoms with Crippen LogP contribution in [0.3, 0.4) is 0 Å². The van der Waals surface area contributed by atoms with Crippen molar-refractivity contribution in [3.05, 3.63) is 29.8 Å². The molecule has 0 radical (unpaired) electrons. The maximum atomic E-state index is 12.5. The van der Waals surface area contributed by atoms with Gasteiger partial charge in [0.15, 0.2) is 0 Å². The van der Waals surface area contributed by atoms with Crippen molar-refractivity contribution in [2.75, 3.05) is 40.3 Å². The molecule has 0 aliphatic carbocycles. The number of unbranched alkanes of at least 4 members (excludes halogenated alkanes) is 1. The van der Waals surface area contributed by atoms with Crippen LogP contribution in [0.4, 0.5) is 0 Å². The number of hydrogen-bond acceptors (Lipinski definition) is 4. The van der Waals surface area contributed by atoms with E-state index >= 15 is 0 Å². The molecule has 1 unspecified atom stereocenters. The SMILES string of the molecule is CCCCN(C)S(=O)(=O)NCC(c1cccc(OC)c1)N1CCCC1. The highest BCUT2D eigenvalue weighted by Crippen LogP contribution is 2.27. The van der Waals surface area contributed by atoms with Crippen molar-refractivity contribution < 1.29 is 13.2 Å². The third kappa shape index (κ3) is 5.67. The Morgan fingerprint density at radius 1 is 1.32 bits per heavy atom. The van der Waals surface area contributed by atoms with Gasteiger partial charge in [-0.25, -0.2) is 4.72 Å². The van der Waals surface area contributed by atoms with Crippen LogP contribution in [0.15, 0.2) is 24.3 Å². The predicted octanol–water partition coefficient (Wildman–Crippen LogP) is 2.40. The maximum Gasteiger partial charge on any atom is 0.279 e. The highest BCUT2D eigenvalue weighted by Gasteiger charge is 2.26. The third-order valence-electron chi connectivity index (χ3n) is 4.76. The quantitative estimate of drug-likeness (QED) is 0.688. The molecule has 0 aromatic heterocycles. The Kier molecular flexibility index (Phi) is 7.68. The lowest BCUT2D eigenvalue weighted by Gasteiger charge is -2.29. The Morgan fingerprint density at radius 3 is 2.68 bits per heavy atom. The van der Waals surface area contributed by atoms with E-state index in [1.165, 1.54) is 4.31 Å². The van der Waals surface area contributed by atoms with E-state index in [4.69, 9.17) is 4.74 Å². The second kappa shape index (κ2) is 9.52. The molecule has 0 bridgehead atoms. The van der Waals surface area contributed by atoms with Gasteiger partial charge in [0.2, 0.25) is 0 Å². The fraction of sp³-hybridized carbons (Fsp3) is 0.667. The van der Waals surface area contributed by atoms with Gasteiger partial charge in [0.05, 0.1) is 7.11 Å². The van der Waals surface area contributed by atoms with Gasteiger partial charge in [-0.3, -0.25) is 4.90 Å². The molecule has 1 aromatic carbocycles. The largest absolute Gasteiger partial charge is 0.497 e. The Morgan fingerprint density at radius 2 is 2.04 bits per heavy atom. The molecule has 0 saturated carbocycles. The number of hydrogen-bond donors (Lipinski definition) is 1. The molecule has 1 aliphatic heterocycles. The minimum absolute atomic E-state index is 0.0203. The van der Waals surface area contributed by atoms with Crippen LogP contribution in [-0.4, -0.2) is 58.0 Å². The second-order valence-corrected chi connectivity index (χ2v) is 8.43. The van der Waals surface area contributed by atoms with Crippen LogP contribution in [0, 0.1) is 0 Å². The van der Waals surface area contributed by atoms with E-state index in [0.717, 1.165) is 50.1 Å². The van der Waals surface area contributed by atoms with Gasteiger partial charge in [-0.1, -0.05) is 25.5 Å². The lowest BCUT2D eigenvalue weighted by Crippen LogP contribution is -2.43. The first-order chi connectivity index (χ1) is 12.0. The zero-order chi connectivity index (χ0) is 18.3. The predicted molar refractivity (Wildman–Crippen MR) is 101 cm³/mol. The molecule has 1 N–H and O–H groups in total. The van der Waals surface area contributed by atoms with E-state index in [1.807, 2.05) is 24.3 Å². The van der Waals surface area contributed by atoms with Crippen LogP contribution in [-0.2, 0) is 10.2 Å². The fourth-order valence-corrected chi connectivity index (χ4v) is 4.11. The summed E-state index contributed by atoms with van der Waals surface area (Å²) in [5, 5.41) is 0. The van der Waals surface area contributed by atoms with Crippen LogP contribution in [0.2, 0.25) is 0 Å². The van der Waals surface area contributed by atoms with Gasteiger partial charge in [0.1, 0.15) is 5.75 Å². The summed E-state index contributed by atoms with van der Waals surface area (Å²) in [6, 6.07) is 7.93. The Labute approximate surface area is 152 Å². The van der Waals surface area contributed by atoms with Crippen LogP contribution < -0.4 is 9.46 Å². The minimum atomic E-state index is -3.46. The molecule has 1 saturated heterocycles. The summed E-state index contributed by atoms with van der Waals surface area (Å²) in [5.41, 5.74) is 1.08. The molecule has 1 fully saturated rings. The summed E-state index contributed by atoms with van der Waals surface area (Å²) in [5.74, 6) is 0.796. The van der Waals surface area contributed by atoms with E-state index in [9.17, 15) is 8.42 Å². The average molecular weight is 370 g/mol. The number of ether oxygens (including phenoxy) is 1. The molecule has 25 heavy (non-hydrogen) atoms. The van der Waals surface area contributed by atoms with Crippen molar-refractivity contribution in [3.63, 3.8) is 0 Å². The van der Waals surface area contributed by atoms with Crippen molar-refractivity contribution >= 4 is 10.2 Å². The summed E-state index contributed by atoms with van der Waals surface area (Å²) >= 11 is 0. The number of methoxy groups -OCH3 is 1. The second-order valence-electron chi connectivity index (χ2n) is 6.56. The maximum absolute atomic E-state index is 12.5. The number of nitrogens with zero attached hydrogens (tertiary/aromatic N) is 2. The molecule has 0 amide bonds. The molecule has 1 aliphatic rings. The lowest BCUT2D eigenvalue weighted by molar-refractivity contribution is 0.245. The molecule has 6 nitrogen and oxygen atoms in total. The Hall–Kier alpha value is -1.15. The Balaban J connectivity index is 2.11. The zero-order valence-corrected chi connectivity index (χ0v) is 16.4. The molecule has 1 heterocycles. The van der Waals surface area contributed by atoms with Crippen molar-refractivity contribution in [1.29, 1.82) is 0 Å². The topological polar surface area (TPSA) is 61.9 Å². The molecule has 0 spiro atoms. The van der Waals surface area contributed by atoms with Crippen LogP contribution in [0.25, 0.3) is 0 Å².